The van der Waals surface area contributed by atoms with E-state index in [-0.39, 0.29) is 15.5 Å². The number of aryl methyl sites for hydroxylation is 2. The molecule has 0 atom stereocenters. The molecule has 30 heavy (non-hydrogen) atoms. The number of hydrogen-bond donors (Lipinski definition) is 2. The number of aromatic nitrogens is 2. The lowest BCUT2D eigenvalue weighted by atomic mass is 10.1. The number of carbonyl (C=O) groups excluding carboxylic acids is 1. The van der Waals surface area contributed by atoms with Crippen molar-refractivity contribution >= 4 is 61.4 Å². The normalized spacial score (nSPS) is 11.3. The first-order chi connectivity index (χ1) is 14.2. The highest BCUT2D eigenvalue weighted by atomic mass is 35.5. The lowest BCUT2D eigenvalue weighted by Gasteiger charge is -2.12. The Morgan fingerprint density at radius 1 is 1.13 bits per heavy atom. The van der Waals surface area contributed by atoms with Crippen molar-refractivity contribution in [1.82, 2.24) is 10.2 Å². The zero-order chi connectivity index (χ0) is 21.9. The molecular formula is C19H19ClN4O3S3. The predicted octanol–water partition coefficient (Wildman–Crippen LogP) is 4.97. The van der Waals surface area contributed by atoms with E-state index < -0.39 is 15.9 Å². The molecular weight excluding hydrogens is 464 g/mol. The number of hydrogen-bond acceptors (Lipinski definition) is 7. The van der Waals surface area contributed by atoms with Crippen LogP contribution in [0.4, 0.5) is 10.8 Å². The smallest absolute Gasteiger partial charge is 0.263 e. The van der Waals surface area contributed by atoms with Crippen molar-refractivity contribution in [2.24, 2.45) is 0 Å². The maximum Gasteiger partial charge on any atom is 0.263 e. The molecule has 0 fully saturated rings. The maximum absolute atomic E-state index is 12.9. The summed E-state index contributed by atoms with van der Waals surface area (Å²) in [5, 5.41) is 10.9. The van der Waals surface area contributed by atoms with Crippen LogP contribution in [-0.4, -0.2) is 30.3 Å². The van der Waals surface area contributed by atoms with Crippen molar-refractivity contribution in [3.8, 4) is 0 Å². The van der Waals surface area contributed by atoms with Crippen LogP contribution in [0, 0.1) is 13.8 Å². The number of halogens is 1. The highest BCUT2D eigenvalue weighted by Gasteiger charge is 2.21. The van der Waals surface area contributed by atoms with Crippen LogP contribution in [0.3, 0.4) is 0 Å². The van der Waals surface area contributed by atoms with Gasteiger partial charge in [0.15, 0.2) is 4.34 Å². The Kier molecular flexibility index (Phi) is 7.02. The molecule has 0 aliphatic heterocycles. The van der Waals surface area contributed by atoms with E-state index in [1.54, 1.807) is 12.1 Å². The fourth-order valence-electron chi connectivity index (χ4n) is 2.48. The zero-order valence-corrected chi connectivity index (χ0v) is 19.6. The second-order valence-electron chi connectivity index (χ2n) is 6.31. The summed E-state index contributed by atoms with van der Waals surface area (Å²) >= 11 is 8.90. The summed E-state index contributed by atoms with van der Waals surface area (Å²) in [4.78, 5) is 12.4. The second kappa shape index (κ2) is 9.34. The van der Waals surface area contributed by atoms with Gasteiger partial charge in [0, 0.05) is 11.3 Å². The van der Waals surface area contributed by atoms with E-state index in [1.807, 2.05) is 26.8 Å². The summed E-state index contributed by atoms with van der Waals surface area (Å²) < 4.78 is 29.0. The van der Waals surface area contributed by atoms with Crippen molar-refractivity contribution in [2.75, 3.05) is 15.8 Å². The molecule has 0 aliphatic rings. The van der Waals surface area contributed by atoms with E-state index in [9.17, 15) is 13.2 Å². The van der Waals surface area contributed by atoms with Crippen LogP contribution in [0.15, 0.2) is 45.6 Å². The van der Waals surface area contributed by atoms with Gasteiger partial charge in [0.25, 0.3) is 15.9 Å². The SMILES string of the molecule is CCSc1nnc(NC(=O)c2ccc(Cl)c(S(=O)(=O)Nc3ccc(C)c(C)c3)c2)s1. The molecule has 0 saturated carbocycles. The number of rotatable bonds is 7. The number of carbonyl (C=O) groups is 1. The van der Waals surface area contributed by atoms with E-state index in [1.165, 1.54) is 41.3 Å². The van der Waals surface area contributed by atoms with E-state index in [0.717, 1.165) is 21.2 Å². The summed E-state index contributed by atoms with van der Waals surface area (Å²) in [5.74, 6) is 0.340. The first-order valence-electron chi connectivity index (χ1n) is 8.87. The number of nitrogens with one attached hydrogen (secondary N) is 2. The van der Waals surface area contributed by atoms with Gasteiger partial charge in [0.1, 0.15) is 4.90 Å². The van der Waals surface area contributed by atoms with Gasteiger partial charge in [0.05, 0.1) is 5.02 Å². The van der Waals surface area contributed by atoms with Gasteiger partial charge >= 0.3 is 0 Å². The quantitative estimate of drug-likeness (QED) is 0.364. The summed E-state index contributed by atoms with van der Waals surface area (Å²) in [6, 6.07) is 9.30. The Balaban J connectivity index is 1.84. The van der Waals surface area contributed by atoms with Gasteiger partial charge in [-0.1, -0.05) is 47.7 Å². The predicted molar refractivity (Wildman–Crippen MR) is 122 cm³/mol. The van der Waals surface area contributed by atoms with Gasteiger partial charge in [-0.05, 0) is 61.1 Å². The van der Waals surface area contributed by atoms with Crippen LogP contribution >= 0.6 is 34.7 Å². The molecule has 0 unspecified atom stereocenters. The third kappa shape index (κ3) is 5.31. The summed E-state index contributed by atoms with van der Waals surface area (Å²) in [6.45, 7) is 5.82. The molecule has 1 aromatic heterocycles. The minimum atomic E-state index is -4.00. The molecule has 0 aliphatic carbocycles. The lowest BCUT2D eigenvalue weighted by Crippen LogP contribution is -2.16. The number of thioether (sulfide) groups is 1. The van der Waals surface area contributed by atoms with Gasteiger partial charge < -0.3 is 0 Å². The molecule has 0 radical (unpaired) electrons. The zero-order valence-electron chi connectivity index (χ0n) is 16.4. The molecule has 1 amide bonds. The maximum atomic E-state index is 12.9. The molecule has 0 bridgehead atoms. The Bertz CT molecular complexity index is 1200. The Hall–Kier alpha value is -2.14. The molecule has 0 spiro atoms. The van der Waals surface area contributed by atoms with Crippen molar-refractivity contribution in [2.45, 2.75) is 30.0 Å². The van der Waals surface area contributed by atoms with Gasteiger partial charge in [-0.2, -0.15) is 0 Å². The number of benzene rings is 2. The fraction of sp³-hybridized carbons (Fsp3) is 0.211. The molecule has 2 aromatic carbocycles. The lowest BCUT2D eigenvalue weighted by molar-refractivity contribution is 0.102. The van der Waals surface area contributed by atoms with Crippen molar-refractivity contribution in [3.05, 3.63) is 58.1 Å². The van der Waals surface area contributed by atoms with E-state index >= 15 is 0 Å². The van der Waals surface area contributed by atoms with Crippen molar-refractivity contribution in [1.29, 1.82) is 0 Å². The Morgan fingerprint density at radius 3 is 2.60 bits per heavy atom. The monoisotopic (exact) mass is 482 g/mol. The van der Waals surface area contributed by atoms with Crippen LogP contribution < -0.4 is 10.0 Å². The number of nitrogens with zero attached hydrogens (tertiary/aromatic N) is 2. The number of sulfonamides is 1. The third-order valence-corrected chi connectivity index (χ3v) is 7.85. The Morgan fingerprint density at radius 2 is 1.90 bits per heavy atom. The summed E-state index contributed by atoms with van der Waals surface area (Å²) in [7, 11) is -4.00. The molecule has 3 rings (SSSR count). The van der Waals surface area contributed by atoms with Crippen LogP contribution in [0.5, 0.6) is 0 Å². The standard InChI is InChI=1S/C19H19ClN4O3S3/c1-4-28-19-23-22-18(29-19)21-17(25)13-6-8-15(20)16(10-13)30(26,27)24-14-7-5-11(2)12(3)9-14/h5-10,24H,4H2,1-3H3,(H,21,22,25). The molecule has 3 aromatic rings. The molecule has 7 nitrogen and oxygen atoms in total. The average Bonchev–Trinajstić information content (AvgIpc) is 3.12. The van der Waals surface area contributed by atoms with Crippen molar-refractivity contribution in [3.63, 3.8) is 0 Å². The highest BCUT2D eigenvalue weighted by molar-refractivity contribution is 8.01. The van der Waals surface area contributed by atoms with Gasteiger partial charge in [-0.25, -0.2) is 8.42 Å². The van der Waals surface area contributed by atoms with Crippen LogP contribution in [0.2, 0.25) is 5.02 Å². The largest absolute Gasteiger partial charge is 0.296 e. The van der Waals surface area contributed by atoms with Gasteiger partial charge in [-0.15, -0.1) is 10.2 Å². The average molecular weight is 483 g/mol. The minimum Gasteiger partial charge on any atom is -0.296 e. The topological polar surface area (TPSA) is 101 Å². The highest BCUT2D eigenvalue weighted by Crippen LogP contribution is 2.28. The van der Waals surface area contributed by atoms with E-state index in [4.69, 9.17) is 11.6 Å². The van der Waals surface area contributed by atoms with E-state index in [2.05, 4.69) is 20.2 Å². The van der Waals surface area contributed by atoms with E-state index in [0.29, 0.717) is 10.8 Å². The second-order valence-corrected chi connectivity index (χ2v) is 10.9. The van der Waals surface area contributed by atoms with Gasteiger partial charge in [0.2, 0.25) is 5.13 Å². The van der Waals surface area contributed by atoms with Crippen LogP contribution in [-0.2, 0) is 10.0 Å². The fourth-order valence-corrected chi connectivity index (χ4v) is 5.70. The van der Waals surface area contributed by atoms with Crippen LogP contribution in [0.25, 0.3) is 0 Å². The first-order valence-corrected chi connectivity index (χ1v) is 12.5. The molecule has 11 heteroatoms. The third-order valence-electron chi connectivity index (χ3n) is 4.14. The van der Waals surface area contributed by atoms with Gasteiger partial charge in [-0.3, -0.25) is 14.8 Å². The molecule has 158 valence electrons. The minimum absolute atomic E-state index is 0.0143. The molecule has 1 heterocycles. The van der Waals surface area contributed by atoms with Crippen LogP contribution in [0.1, 0.15) is 28.4 Å². The molecule has 2 N–H and O–H groups in total. The van der Waals surface area contributed by atoms with Crippen molar-refractivity contribution < 1.29 is 13.2 Å². The Labute approximate surface area is 188 Å². The number of anilines is 2. The summed E-state index contributed by atoms with van der Waals surface area (Å²) in [6.07, 6.45) is 0. The first kappa shape index (κ1) is 22.5. The summed E-state index contributed by atoms with van der Waals surface area (Å²) in [5.41, 5.74) is 2.55. The number of amides is 1. The molecule has 0 saturated heterocycles.